The van der Waals surface area contributed by atoms with Crippen molar-refractivity contribution < 1.29 is 27.6 Å². The first-order chi connectivity index (χ1) is 29.8. The molecule has 0 spiro atoms. The highest BCUT2D eigenvalue weighted by Crippen LogP contribution is 2.44. The van der Waals surface area contributed by atoms with Gasteiger partial charge in [-0.25, -0.2) is 13.1 Å². The molecule has 3 heterocycles. The predicted molar refractivity (Wildman–Crippen MR) is 244 cm³/mol. The average molecular weight is 884 g/mol. The minimum atomic E-state index is -4.53. The number of halogens is 1. The van der Waals surface area contributed by atoms with Crippen molar-refractivity contribution in [2.45, 2.75) is 57.3 Å². The van der Waals surface area contributed by atoms with Gasteiger partial charge >= 0.3 is 0 Å². The monoisotopic (exact) mass is 882 g/mol. The van der Waals surface area contributed by atoms with Gasteiger partial charge < -0.3 is 24.6 Å². The quantitative estimate of drug-likeness (QED) is 0.104. The number of carbonyl (C=O) groups excluding carboxylic acids is 1. The molecule has 1 amide bonds. The zero-order valence-corrected chi connectivity index (χ0v) is 37.0. The molecule has 15 heteroatoms. The van der Waals surface area contributed by atoms with Crippen LogP contribution < -0.4 is 24.6 Å². The molecular weight excluding hydrogens is 828 g/mol. The molecule has 13 nitrogen and oxygen atoms in total. The van der Waals surface area contributed by atoms with Crippen molar-refractivity contribution in [1.82, 2.24) is 9.62 Å². The number of benzene rings is 4. The second-order valence-electron chi connectivity index (χ2n) is 17.5. The first kappa shape index (κ1) is 43.5. The lowest BCUT2D eigenvalue weighted by atomic mass is 9.72. The van der Waals surface area contributed by atoms with Crippen LogP contribution in [0.5, 0.6) is 5.75 Å². The van der Waals surface area contributed by atoms with Crippen LogP contribution in [0.1, 0.15) is 68.3 Å². The van der Waals surface area contributed by atoms with Gasteiger partial charge in [0.2, 0.25) is 0 Å². The number of nitro benzene ring substituents is 1. The number of sulfonamides is 1. The number of hydrogen-bond donors (Lipinski definition) is 2. The molecule has 3 aliphatic heterocycles. The number of fused-ring (bicyclic) bond motifs is 1. The van der Waals surface area contributed by atoms with Crippen molar-refractivity contribution in [3.63, 3.8) is 0 Å². The van der Waals surface area contributed by atoms with Gasteiger partial charge in [0.25, 0.3) is 21.6 Å². The largest absolute Gasteiger partial charge is 0.491 e. The van der Waals surface area contributed by atoms with E-state index in [0.29, 0.717) is 50.8 Å². The average Bonchev–Trinajstić information content (AvgIpc) is 3.49. The van der Waals surface area contributed by atoms with Crippen molar-refractivity contribution in [2.75, 3.05) is 80.8 Å². The molecule has 2 saturated heterocycles. The second-order valence-corrected chi connectivity index (χ2v) is 19.6. The molecule has 2 fully saturated rings. The fraction of sp³-hybridized carbons (Fsp3) is 0.426. The summed E-state index contributed by atoms with van der Waals surface area (Å²) in [6.45, 7) is 11.6. The van der Waals surface area contributed by atoms with Crippen LogP contribution in [0.3, 0.4) is 0 Å². The number of nitrogens with zero attached hydrogens (tertiary/aromatic N) is 4. The molecule has 0 bridgehead atoms. The molecule has 0 radical (unpaired) electrons. The fourth-order valence-corrected chi connectivity index (χ4v) is 10.1. The molecule has 4 aromatic carbocycles. The van der Waals surface area contributed by atoms with Crippen LogP contribution in [0, 0.1) is 21.4 Å². The minimum absolute atomic E-state index is 0.152. The van der Waals surface area contributed by atoms with E-state index in [1.807, 2.05) is 53.4 Å². The molecular formula is C47H55ClN6O7S. The van der Waals surface area contributed by atoms with E-state index in [1.165, 1.54) is 28.8 Å². The Morgan fingerprint density at radius 3 is 2.44 bits per heavy atom. The van der Waals surface area contributed by atoms with Crippen molar-refractivity contribution in [3.8, 4) is 5.75 Å². The lowest BCUT2D eigenvalue weighted by Crippen LogP contribution is -2.47. The summed E-state index contributed by atoms with van der Waals surface area (Å²) in [5, 5.41) is 16.0. The van der Waals surface area contributed by atoms with E-state index in [1.54, 1.807) is 6.07 Å². The maximum absolute atomic E-state index is 14.2. The number of ether oxygens (including phenoxy) is 2. The topological polar surface area (TPSA) is 147 Å². The highest BCUT2D eigenvalue weighted by atomic mass is 35.5. The Morgan fingerprint density at radius 2 is 1.68 bits per heavy atom. The summed E-state index contributed by atoms with van der Waals surface area (Å²) >= 11 is 6.26. The second kappa shape index (κ2) is 18.7. The van der Waals surface area contributed by atoms with Crippen LogP contribution in [0.4, 0.5) is 28.4 Å². The Bertz CT molecular complexity index is 2430. The number of rotatable bonds is 12. The summed E-state index contributed by atoms with van der Waals surface area (Å²) < 4.78 is 41.4. The van der Waals surface area contributed by atoms with Gasteiger partial charge in [-0.05, 0) is 116 Å². The number of amides is 1. The summed E-state index contributed by atoms with van der Waals surface area (Å²) in [6, 6.07) is 25.0. The van der Waals surface area contributed by atoms with E-state index in [0.717, 1.165) is 87.3 Å². The Labute approximate surface area is 369 Å². The molecule has 328 valence electrons. The summed E-state index contributed by atoms with van der Waals surface area (Å²) in [5.74, 6) is 0.106. The number of nitro groups is 1. The normalized spacial score (nSPS) is 18.7. The van der Waals surface area contributed by atoms with Crippen molar-refractivity contribution >= 4 is 61.5 Å². The summed E-state index contributed by atoms with van der Waals surface area (Å²) in [5.41, 5.74) is 6.59. The minimum Gasteiger partial charge on any atom is -0.491 e. The SMILES string of the molecule is CC1(C)CCC(CN2CCN(c3ccc(C(=O)NS(=O)(=O)c4ccc(NCC5CCOCC5)c([N+](=O)[O-])c4)c(N4CCCOc5ccccc54)c3)CC2)=C(c2ccc(Cl)cc2)C1. The first-order valence-electron chi connectivity index (χ1n) is 21.6. The zero-order chi connectivity index (χ0) is 43.4. The van der Waals surface area contributed by atoms with Gasteiger partial charge in [0, 0.05) is 75.8 Å². The van der Waals surface area contributed by atoms with Gasteiger partial charge in [-0.1, -0.05) is 55.3 Å². The maximum Gasteiger partial charge on any atom is 0.293 e. The lowest BCUT2D eigenvalue weighted by Gasteiger charge is -2.39. The Balaban J connectivity index is 1.03. The van der Waals surface area contributed by atoms with Gasteiger partial charge in [0.1, 0.15) is 11.4 Å². The van der Waals surface area contributed by atoms with Crippen LogP contribution in [-0.4, -0.2) is 89.8 Å². The standard InChI is InChI=1S/C47H55ClN6O7S/c1-47(2)19-16-35(40(30-47)34-8-10-36(48)11-9-34)32-51-21-23-52(24-22-51)37-12-14-39(43(28-37)53-20-5-25-61-45-7-4-3-6-42(45)53)46(55)50-62(58,59)38-13-15-41(44(29-38)54(56)57)49-31-33-17-26-60-27-18-33/h3-4,6-15,28-29,33,49H,5,16-27,30-32H2,1-2H3,(H,50,55). The van der Waals surface area contributed by atoms with Crippen LogP contribution in [-0.2, 0) is 14.8 Å². The highest BCUT2D eigenvalue weighted by Gasteiger charge is 2.31. The van der Waals surface area contributed by atoms with E-state index in [4.69, 9.17) is 21.1 Å². The maximum atomic E-state index is 14.2. The predicted octanol–water partition coefficient (Wildman–Crippen LogP) is 8.91. The van der Waals surface area contributed by atoms with Crippen molar-refractivity contribution in [2.24, 2.45) is 11.3 Å². The molecule has 1 aliphatic carbocycles. The number of hydrogen-bond acceptors (Lipinski definition) is 11. The Morgan fingerprint density at radius 1 is 0.919 bits per heavy atom. The van der Waals surface area contributed by atoms with Gasteiger partial charge in [-0.3, -0.25) is 19.8 Å². The van der Waals surface area contributed by atoms with E-state index < -0.39 is 20.9 Å². The van der Waals surface area contributed by atoms with Crippen LogP contribution in [0.15, 0.2) is 95.4 Å². The molecule has 2 N–H and O–H groups in total. The number of para-hydroxylation sites is 2. The number of carbonyl (C=O) groups is 1. The number of piperazine rings is 1. The molecule has 4 aromatic rings. The molecule has 4 aliphatic rings. The zero-order valence-electron chi connectivity index (χ0n) is 35.4. The molecule has 62 heavy (non-hydrogen) atoms. The van der Waals surface area contributed by atoms with E-state index in [2.05, 4.69) is 45.8 Å². The molecule has 8 rings (SSSR count). The van der Waals surface area contributed by atoms with E-state index in [-0.39, 0.29) is 33.2 Å². The van der Waals surface area contributed by atoms with Crippen molar-refractivity contribution in [3.05, 3.63) is 117 Å². The summed E-state index contributed by atoms with van der Waals surface area (Å²) in [6.07, 6.45) is 5.57. The van der Waals surface area contributed by atoms with Gasteiger partial charge in [-0.2, -0.15) is 0 Å². The third-order valence-electron chi connectivity index (χ3n) is 12.6. The first-order valence-corrected chi connectivity index (χ1v) is 23.4. The van der Waals surface area contributed by atoms with Gasteiger partial charge in [0.05, 0.1) is 33.4 Å². The summed E-state index contributed by atoms with van der Waals surface area (Å²) in [4.78, 5) is 32.2. The van der Waals surface area contributed by atoms with Crippen LogP contribution in [0.25, 0.3) is 5.57 Å². The third kappa shape index (κ3) is 10.0. The fourth-order valence-electron chi connectivity index (χ4n) is 9.03. The lowest BCUT2D eigenvalue weighted by molar-refractivity contribution is -0.384. The molecule has 0 unspecified atom stereocenters. The number of nitrogens with one attached hydrogen (secondary N) is 2. The number of anilines is 4. The highest BCUT2D eigenvalue weighted by molar-refractivity contribution is 7.90. The smallest absolute Gasteiger partial charge is 0.293 e. The molecule has 0 saturated carbocycles. The summed E-state index contributed by atoms with van der Waals surface area (Å²) in [7, 11) is -4.53. The molecule has 0 atom stereocenters. The van der Waals surface area contributed by atoms with Crippen LogP contribution in [0.2, 0.25) is 5.02 Å². The van der Waals surface area contributed by atoms with Crippen molar-refractivity contribution in [1.29, 1.82) is 0 Å². The third-order valence-corrected chi connectivity index (χ3v) is 14.2. The van der Waals surface area contributed by atoms with Crippen LogP contribution >= 0.6 is 11.6 Å². The van der Waals surface area contributed by atoms with Gasteiger partial charge in [0.15, 0.2) is 0 Å². The Hall–Kier alpha value is -5.15. The molecule has 0 aromatic heterocycles. The number of allylic oxidation sites excluding steroid dienone is 1. The van der Waals surface area contributed by atoms with Gasteiger partial charge in [-0.15, -0.1) is 0 Å². The van der Waals surface area contributed by atoms with E-state index in [9.17, 15) is 23.3 Å². The Kier molecular flexibility index (Phi) is 13.1. The van der Waals surface area contributed by atoms with E-state index >= 15 is 0 Å².